The van der Waals surface area contributed by atoms with Gasteiger partial charge in [0.25, 0.3) is 5.91 Å². The van der Waals surface area contributed by atoms with Crippen molar-refractivity contribution in [2.24, 2.45) is 0 Å². The Morgan fingerprint density at radius 2 is 1.88 bits per heavy atom. The van der Waals surface area contributed by atoms with Gasteiger partial charge in [0.15, 0.2) is 11.5 Å². The molecule has 1 aromatic heterocycles. The van der Waals surface area contributed by atoms with Gasteiger partial charge in [0.1, 0.15) is 11.3 Å². The number of nitrogens with zero attached hydrogens (tertiary/aromatic N) is 1. The molecule has 0 aliphatic carbocycles. The summed E-state index contributed by atoms with van der Waals surface area (Å²) in [4.78, 5) is 27.9. The minimum atomic E-state index is -0.699. The Morgan fingerprint density at radius 1 is 1.12 bits per heavy atom. The predicted octanol–water partition coefficient (Wildman–Crippen LogP) is 5.97. The van der Waals surface area contributed by atoms with Crippen molar-refractivity contribution in [2.45, 2.75) is 32.7 Å². The summed E-state index contributed by atoms with van der Waals surface area (Å²) in [6, 6.07) is 13.7. The molecule has 0 saturated carbocycles. The Labute approximate surface area is 194 Å². The lowest BCUT2D eigenvalue weighted by atomic mass is 9.95. The van der Waals surface area contributed by atoms with Gasteiger partial charge < -0.3 is 19.2 Å². The second kappa shape index (κ2) is 9.20. The van der Waals surface area contributed by atoms with Crippen LogP contribution >= 0.6 is 15.9 Å². The van der Waals surface area contributed by atoms with Gasteiger partial charge in [-0.25, -0.2) is 0 Å². The highest BCUT2D eigenvalue weighted by molar-refractivity contribution is 9.10. The van der Waals surface area contributed by atoms with Crippen LogP contribution in [0.4, 0.5) is 0 Å². The molecule has 1 aliphatic rings. The molecule has 1 unspecified atom stereocenters. The molecule has 6 nitrogen and oxygen atoms in total. The summed E-state index contributed by atoms with van der Waals surface area (Å²) in [5.74, 6) is -0.783. The van der Waals surface area contributed by atoms with Gasteiger partial charge in [-0.1, -0.05) is 41.9 Å². The number of carbonyl (C=O) groups excluding carboxylic acids is 2. The van der Waals surface area contributed by atoms with Gasteiger partial charge in [-0.05, 0) is 54.8 Å². The highest BCUT2D eigenvalue weighted by atomic mass is 79.9. The van der Waals surface area contributed by atoms with E-state index in [1.165, 1.54) is 4.90 Å². The van der Waals surface area contributed by atoms with E-state index in [2.05, 4.69) is 15.9 Å². The number of fused-ring (bicyclic) bond motifs is 1. The zero-order valence-corrected chi connectivity index (χ0v) is 19.5. The number of carbonyl (C=O) groups is 2. The summed E-state index contributed by atoms with van der Waals surface area (Å²) in [6.07, 6.45) is 1.58. The van der Waals surface area contributed by atoms with Crippen molar-refractivity contribution >= 4 is 38.6 Å². The highest BCUT2D eigenvalue weighted by Gasteiger charge is 2.44. The first-order valence-electron chi connectivity index (χ1n) is 10.6. The minimum Gasteiger partial charge on any atom is -0.503 e. The van der Waals surface area contributed by atoms with Crippen molar-refractivity contribution in [3.05, 3.63) is 75.7 Å². The maximum Gasteiger partial charge on any atom is 0.290 e. The quantitative estimate of drug-likeness (QED) is 0.387. The summed E-state index contributed by atoms with van der Waals surface area (Å²) in [5, 5.41) is 11.5. The molecule has 1 N–H and O–H groups in total. The number of hydrogen-bond donors (Lipinski definition) is 1. The number of hydrogen-bond acceptors (Lipinski definition) is 5. The van der Waals surface area contributed by atoms with E-state index in [0.29, 0.717) is 30.9 Å². The fraction of sp³-hybridized carbons (Fsp3) is 0.280. The van der Waals surface area contributed by atoms with Crippen LogP contribution in [0.5, 0.6) is 5.75 Å². The second-order valence-electron chi connectivity index (χ2n) is 7.70. The molecule has 166 valence electrons. The van der Waals surface area contributed by atoms with Gasteiger partial charge in [-0.2, -0.15) is 0 Å². The zero-order valence-electron chi connectivity index (χ0n) is 17.9. The van der Waals surface area contributed by atoms with Crippen molar-refractivity contribution in [1.82, 2.24) is 4.90 Å². The monoisotopic (exact) mass is 497 g/mol. The number of halogens is 1. The Kier molecular flexibility index (Phi) is 6.37. The number of ether oxygens (including phenoxy) is 1. The van der Waals surface area contributed by atoms with E-state index in [0.717, 1.165) is 21.8 Å². The van der Waals surface area contributed by atoms with Crippen molar-refractivity contribution < 1.29 is 23.8 Å². The third-order valence-electron chi connectivity index (χ3n) is 5.38. The van der Waals surface area contributed by atoms with E-state index in [1.54, 1.807) is 12.1 Å². The fourth-order valence-electron chi connectivity index (χ4n) is 3.93. The largest absolute Gasteiger partial charge is 0.503 e. The van der Waals surface area contributed by atoms with E-state index >= 15 is 0 Å². The van der Waals surface area contributed by atoms with Gasteiger partial charge in [0.05, 0.1) is 18.2 Å². The van der Waals surface area contributed by atoms with Gasteiger partial charge in [-0.15, -0.1) is 0 Å². The molecule has 32 heavy (non-hydrogen) atoms. The Bertz CT molecular complexity index is 1190. The number of rotatable bonds is 8. The average molecular weight is 498 g/mol. The smallest absolute Gasteiger partial charge is 0.290 e. The van der Waals surface area contributed by atoms with Crippen LogP contribution in [0.1, 0.15) is 48.8 Å². The van der Waals surface area contributed by atoms with E-state index in [1.807, 2.05) is 50.2 Å². The normalized spacial score (nSPS) is 16.3. The topological polar surface area (TPSA) is 80.0 Å². The fourth-order valence-corrected chi connectivity index (χ4v) is 4.31. The first-order valence-corrected chi connectivity index (χ1v) is 11.4. The van der Waals surface area contributed by atoms with Crippen molar-refractivity contribution in [1.29, 1.82) is 0 Å². The van der Waals surface area contributed by atoms with E-state index in [4.69, 9.17) is 9.15 Å². The van der Waals surface area contributed by atoms with Crippen LogP contribution in [-0.4, -0.2) is 34.8 Å². The maximum atomic E-state index is 13.5. The summed E-state index contributed by atoms with van der Waals surface area (Å²) in [6.45, 7) is 4.99. The van der Waals surface area contributed by atoms with Crippen molar-refractivity contribution in [3.63, 3.8) is 0 Å². The minimum absolute atomic E-state index is 0.0313. The first kappa shape index (κ1) is 22.1. The molecule has 0 fully saturated rings. The van der Waals surface area contributed by atoms with E-state index in [-0.39, 0.29) is 11.3 Å². The molecule has 1 amide bonds. The third kappa shape index (κ3) is 4.05. The summed E-state index contributed by atoms with van der Waals surface area (Å²) in [5.41, 5.74) is 1.31. The lowest BCUT2D eigenvalue weighted by Crippen LogP contribution is -2.31. The Hall–Kier alpha value is -3.06. The number of furan rings is 1. The molecule has 0 spiro atoms. The molecule has 1 aliphatic heterocycles. The van der Waals surface area contributed by atoms with Crippen LogP contribution in [0.25, 0.3) is 11.0 Å². The van der Waals surface area contributed by atoms with Crippen LogP contribution in [0.2, 0.25) is 0 Å². The second-order valence-corrected chi connectivity index (χ2v) is 8.62. The molecular weight excluding hydrogens is 474 g/mol. The molecule has 2 heterocycles. The molecule has 2 aromatic carbocycles. The van der Waals surface area contributed by atoms with Gasteiger partial charge >= 0.3 is 0 Å². The van der Waals surface area contributed by atoms with Gasteiger partial charge in [-0.3, -0.25) is 9.59 Å². The molecule has 0 bridgehead atoms. The maximum absolute atomic E-state index is 13.5. The van der Waals surface area contributed by atoms with Crippen LogP contribution in [0.15, 0.2) is 68.8 Å². The number of amides is 1. The highest BCUT2D eigenvalue weighted by Crippen LogP contribution is 2.40. The van der Waals surface area contributed by atoms with Crippen molar-refractivity contribution in [2.75, 3.05) is 13.2 Å². The number of ketones is 1. The lowest BCUT2D eigenvalue weighted by Gasteiger charge is -2.26. The Morgan fingerprint density at radius 3 is 2.56 bits per heavy atom. The number of aliphatic hydroxyl groups is 1. The van der Waals surface area contributed by atoms with Crippen LogP contribution in [0.3, 0.4) is 0 Å². The molecule has 0 saturated heterocycles. The van der Waals surface area contributed by atoms with Crippen LogP contribution in [0, 0.1) is 0 Å². The molecule has 4 rings (SSSR count). The van der Waals surface area contributed by atoms with Gasteiger partial charge in [0.2, 0.25) is 5.78 Å². The molecule has 0 radical (unpaired) electrons. The number of aliphatic hydroxyl groups excluding tert-OH is 1. The number of benzene rings is 2. The first-order chi connectivity index (χ1) is 15.4. The predicted molar refractivity (Wildman–Crippen MR) is 125 cm³/mol. The van der Waals surface area contributed by atoms with E-state index < -0.39 is 23.5 Å². The zero-order chi connectivity index (χ0) is 22.8. The van der Waals surface area contributed by atoms with Crippen molar-refractivity contribution in [3.8, 4) is 5.75 Å². The average Bonchev–Trinajstić information content (AvgIpc) is 3.32. The van der Waals surface area contributed by atoms with Crippen LogP contribution < -0.4 is 4.74 Å². The Balaban J connectivity index is 1.74. The van der Waals surface area contributed by atoms with Gasteiger partial charge in [0, 0.05) is 16.4 Å². The summed E-state index contributed by atoms with van der Waals surface area (Å²) >= 11 is 3.41. The molecular formula is C25H24BrNO5. The molecule has 7 heteroatoms. The third-order valence-corrected chi connectivity index (χ3v) is 5.88. The lowest BCUT2D eigenvalue weighted by molar-refractivity contribution is -0.129. The molecule has 3 aromatic rings. The SMILES string of the molecule is CCCOc1ccc(C2C(C(=O)c3cc4cc(Br)ccc4o3)=C(O)C(=O)N2CCC)cc1. The standard InChI is InChI=1S/C25H24BrNO5/c1-3-11-27-22(15-5-8-18(9-6-15)31-12-4-2)21(24(29)25(27)30)23(28)20-14-16-13-17(26)7-10-19(16)32-20/h5-10,13-14,22,29H,3-4,11-12H2,1-2H3. The molecule has 1 atom stereocenters. The van der Waals surface area contributed by atoms with E-state index in [9.17, 15) is 14.7 Å². The summed E-state index contributed by atoms with van der Waals surface area (Å²) < 4.78 is 12.3. The van der Waals surface area contributed by atoms with Crippen LogP contribution in [-0.2, 0) is 4.79 Å². The summed E-state index contributed by atoms with van der Waals surface area (Å²) in [7, 11) is 0. The number of Topliss-reactive ketones (excluding diaryl/α,β-unsaturated/α-hetero) is 1.